The minimum Gasteiger partial charge on any atom is -0.494 e. The van der Waals surface area contributed by atoms with Gasteiger partial charge in [0.05, 0.1) is 12.6 Å². The van der Waals surface area contributed by atoms with E-state index in [0.717, 1.165) is 23.0 Å². The maximum absolute atomic E-state index is 13.8. The second-order valence-corrected chi connectivity index (χ2v) is 8.48. The molecule has 174 valence electrons. The van der Waals surface area contributed by atoms with Gasteiger partial charge in [0, 0.05) is 31.5 Å². The van der Waals surface area contributed by atoms with Crippen molar-refractivity contribution in [1.82, 2.24) is 25.6 Å². The van der Waals surface area contributed by atoms with Gasteiger partial charge < -0.3 is 15.4 Å². The smallest absolute Gasteiger partial charge is 0.220 e. The molecule has 8 nitrogen and oxygen atoms in total. The van der Waals surface area contributed by atoms with Crippen molar-refractivity contribution in [3.05, 3.63) is 53.8 Å². The van der Waals surface area contributed by atoms with E-state index in [2.05, 4.69) is 20.9 Å². The third-order valence-corrected chi connectivity index (χ3v) is 6.11. The van der Waals surface area contributed by atoms with E-state index in [9.17, 15) is 14.0 Å². The molecule has 9 heteroatoms. The van der Waals surface area contributed by atoms with Crippen molar-refractivity contribution in [2.75, 3.05) is 13.7 Å². The zero-order chi connectivity index (χ0) is 23.3. The van der Waals surface area contributed by atoms with Gasteiger partial charge >= 0.3 is 0 Å². The van der Waals surface area contributed by atoms with Crippen LogP contribution in [0.2, 0.25) is 0 Å². The second kappa shape index (κ2) is 9.97. The van der Waals surface area contributed by atoms with E-state index in [1.807, 2.05) is 28.9 Å². The molecular weight excluding hydrogens is 425 g/mol. The maximum atomic E-state index is 13.8. The van der Waals surface area contributed by atoms with Crippen LogP contribution in [0.15, 0.2) is 42.5 Å². The van der Waals surface area contributed by atoms with E-state index >= 15 is 0 Å². The van der Waals surface area contributed by atoms with Crippen molar-refractivity contribution in [2.45, 2.75) is 50.6 Å². The normalized spacial score (nSPS) is 17.8. The number of carbonyl (C=O) groups excluding carboxylic acids is 2. The van der Waals surface area contributed by atoms with E-state index < -0.39 is 11.4 Å². The standard InChI is InChI=1S/C24H28FN5O3/c1-33-21-15-17(7-8-18(21)25)16-24(12-10-23(32)27-24)11-9-22(31)26-13-4-14-30-20-6-3-2-5-19(20)28-29-30/h2-3,5-8,15H,4,9-14,16H2,1H3,(H,26,31)(H,27,32)/t24-/m1/s1. The van der Waals surface area contributed by atoms with Crippen LogP contribution in [0.25, 0.3) is 11.0 Å². The van der Waals surface area contributed by atoms with Gasteiger partial charge in [-0.15, -0.1) is 5.10 Å². The Bertz CT molecular complexity index is 1150. The van der Waals surface area contributed by atoms with Gasteiger partial charge in [-0.25, -0.2) is 9.07 Å². The lowest BCUT2D eigenvalue weighted by Crippen LogP contribution is -2.44. The Balaban J connectivity index is 1.28. The zero-order valence-electron chi connectivity index (χ0n) is 18.6. The number of ether oxygens (including phenoxy) is 1. The third kappa shape index (κ3) is 5.47. The number of rotatable bonds is 10. The second-order valence-electron chi connectivity index (χ2n) is 8.48. The summed E-state index contributed by atoms with van der Waals surface area (Å²) in [6.07, 6.45) is 3.12. The molecule has 2 aromatic carbocycles. The van der Waals surface area contributed by atoms with Crippen molar-refractivity contribution in [3.63, 3.8) is 0 Å². The van der Waals surface area contributed by atoms with Crippen LogP contribution in [0, 0.1) is 5.82 Å². The number of hydrogen-bond donors (Lipinski definition) is 2. The van der Waals surface area contributed by atoms with Crippen LogP contribution in [0.1, 0.15) is 37.7 Å². The lowest BCUT2D eigenvalue weighted by Gasteiger charge is -2.29. The number of fused-ring (bicyclic) bond motifs is 1. The number of carbonyl (C=O) groups is 2. The number of hydrogen-bond acceptors (Lipinski definition) is 5. The quantitative estimate of drug-likeness (QED) is 0.460. The van der Waals surface area contributed by atoms with Crippen LogP contribution in [-0.2, 0) is 22.6 Å². The van der Waals surface area contributed by atoms with Crippen LogP contribution in [0.5, 0.6) is 5.75 Å². The number of amides is 2. The molecule has 1 saturated heterocycles. The minimum atomic E-state index is -0.517. The number of para-hydroxylation sites is 1. The van der Waals surface area contributed by atoms with Gasteiger partial charge in [0.15, 0.2) is 11.6 Å². The highest BCUT2D eigenvalue weighted by atomic mass is 19.1. The molecular formula is C24H28FN5O3. The highest BCUT2D eigenvalue weighted by Gasteiger charge is 2.38. The molecule has 0 bridgehead atoms. The van der Waals surface area contributed by atoms with Gasteiger partial charge in [0.2, 0.25) is 11.8 Å². The van der Waals surface area contributed by atoms with Crippen molar-refractivity contribution in [1.29, 1.82) is 0 Å². The fourth-order valence-corrected chi connectivity index (χ4v) is 4.37. The maximum Gasteiger partial charge on any atom is 0.220 e. The number of aromatic nitrogens is 3. The van der Waals surface area contributed by atoms with E-state index in [1.165, 1.54) is 13.2 Å². The predicted octanol–water partition coefficient (Wildman–Crippen LogP) is 2.76. The van der Waals surface area contributed by atoms with E-state index in [0.29, 0.717) is 45.2 Å². The summed E-state index contributed by atoms with van der Waals surface area (Å²) in [5.41, 5.74) is 2.16. The number of methoxy groups -OCH3 is 1. The van der Waals surface area contributed by atoms with E-state index in [-0.39, 0.29) is 17.6 Å². The Morgan fingerprint density at radius 2 is 2.15 bits per heavy atom. The van der Waals surface area contributed by atoms with Gasteiger partial charge in [-0.05, 0) is 55.5 Å². The van der Waals surface area contributed by atoms with E-state index in [4.69, 9.17) is 4.74 Å². The van der Waals surface area contributed by atoms with Gasteiger partial charge in [-0.3, -0.25) is 9.59 Å². The summed E-state index contributed by atoms with van der Waals surface area (Å²) < 4.78 is 20.7. The van der Waals surface area contributed by atoms with Gasteiger partial charge in [-0.2, -0.15) is 0 Å². The first-order valence-corrected chi connectivity index (χ1v) is 11.2. The Hall–Kier alpha value is -3.49. The molecule has 0 unspecified atom stereocenters. The molecule has 2 heterocycles. The number of nitrogens with one attached hydrogen (secondary N) is 2. The predicted molar refractivity (Wildman–Crippen MR) is 121 cm³/mol. The monoisotopic (exact) mass is 453 g/mol. The molecule has 1 atom stereocenters. The molecule has 2 amide bonds. The lowest BCUT2D eigenvalue weighted by molar-refractivity contribution is -0.122. The van der Waals surface area contributed by atoms with Gasteiger partial charge in [0.25, 0.3) is 0 Å². The van der Waals surface area contributed by atoms with E-state index in [1.54, 1.807) is 12.1 Å². The van der Waals surface area contributed by atoms with Crippen LogP contribution < -0.4 is 15.4 Å². The van der Waals surface area contributed by atoms with Crippen molar-refractivity contribution < 1.29 is 18.7 Å². The lowest BCUT2D eigenvalue weighted by atomic mass is 9.85. The van der Waals surface area contributed by atoms with Gasteiger partial charge in [-0.1, -0.05) is 23.4 Å². The number of halogens is 1. The molecule has 33 heavy (non-hydrogen) atoms. The molecule has 2 N–H and O–H groups in total. The molecule has 0 aliphatic carbocycles. The fraction of sp³-hybridized carbons (Fsp3) is 0.417. The molecule has 0 radical (unpaired) electrons. The summed E-state index contributed by atoms with van der Waals surface area (Å²) >= 11 is 0. The summed E-state index contributed by atoms with van der Waals surface area (Å²) in [4.78, 5) is 24.4. The summed E-state index contributed by atoms with van der Waals surface area (Å²) in [5.74, 6) is -0.339. The molecule has 1 aliphatic rings. The average molecular weight is 454 g/mol. The topological polar surface area (TPSA) is 98.1 Å². The first-order chi connectivity index (χ1) is 16.0. The molecule has 3 aromatic rings. The Kier molecular flexibility index (Phi) is 6.86. The largest absolute Gasteiger partial charge is 0.494 e. The highest BCUT2D eigenvalue weighted by molar-refractivity contribution is 5.80. The number of benzene rings is 2. The highest BCUT2D eigenvalue weighted by Crippen LogP contribution is 2.31. The summed E-state index contributed by atoms with van der Waals surface area (Å²) in [6.45, 7) is 1.19. The van der Waals surface area contributed by atoms with Crippen LogP contribution in [-0.4, -0.2) is 46.0 Å². The molecule has 4 rings (SSSR count). The minimum absolute atomic E-state index is 0.0236. The van der Waals surface area contributed by atoms with Crippen molar-refractivity contribution in [3.8, 4) is 5.75 Å². The Labute approximate surface area is 191 Å². The number of nitrogens with zero attached hydrogens (tertiary/aromatic N) is 3. The summed E-state index contributed by atoms with van der Waals surface area (Å²) in [6, 6.07) is 12.5. The first kappa shape index (κ1) is 22.7. The molecule has 1 aromatic heterocycles. The number of aryl methyl sites for hydroxylation is 1. The summed E-state index contributed by atoms with van der Waals surface area (Å²) in [5, 5.41) is 14.3. The Morgan fingerprint density at radius 3 is 2.94 bits per heavy atom. The fourth-order valence-electron chi connectivity index (χ4n) is 4.37. The van der Waals surface area contributed by atoms with Crippen LogP contribution in [0.4, 0.5) is 4.39 Å². The average Bonchev–Trinajstić information content (AvgIpc) is 3.40. The van der Waals surface area contributed by atoms with Crippen LogP contribution in [0.3, 0.4) is 0 Å². The van der Waals surface area contributed by atoms with Crippen LogP contribution >= 0.6 is 0 Å². The van der Waals surface area contributed by atoms with Crippen molar-refractivity contribution >= 4 is 22.8 Å². The first-order valence-electron chi connectivity index (χ1n) is 11.2. The molecule has 1 fully saturated rings. The summed E-state index contributed by atoms with van der Waals surface area (Å²) in [7, 11) is 1.42. The third-order valence-electron chi connectivity index (χ3n) is 6.11. The van der Waals surface area contributed by atoms with Gasteiger partial charge in [0.1, 0.15) is 5.52 Å². The van der Waals surface area contributed by atoms with Crippen molar-refractivity contribution in [2.24, 2.45) is 0 Å². The molecule has 0 spiro atoms. The SMILES string of the molecule is COc1cc(C[C@@]2(CCC(=O)NCCCn3nnc4ccccc43)CCC(=O)N2)ccc1F. The molecule has 0 saturated carbocycles. The Morgan fingerprint density at radius 1 is 1.30 bits per heavy atom. The zero-order valence-corrected chi connectivity index (χ0v) is 18.6. The molecule has 1 aliphatic heterocycles.